The molecule has 0 heterocycles. The molecular formula is C64H46N2. The minimum atomic E-state index is -0.479. The van der Waals surface area contributed by atoms with Crippen LogP contribution in [-0.4, -0.2) is 0 Å². The molecule has 2 nitrogen and oxygen atoms in total. The molecule has 2 aliphatic carbocycles. The molecule has 66 heavy (non-hydrogen) atoms. The summed E-state index contributed by atoms with van der Waals surface area (Å²) in [6, 6.07) is 86.2. The molecule has 0 N–H and O–H groups in total. The van der Waals surface area contributed by atoms with Crippen LogP contribution in [0, 0.1) is 13.8 Å². The fraction of sp³-hybridized carbons (Fsp3) is 0.0625. The van der Waals surface area contributed by atoms with E-state index in [0.29, 0.717) is 0 Å². The molecule has 0 saturated carbocycles. The minimum Gasteiger partial charge on any atom is -0.310 e. The summed E-state index contributed by atoms with van der Waals surface area (Å²) in [5, 5.41) is 7.44. The first-order chi connectivity index (χ1) is 32.6. The van der Waals surface area contributed by atoms with Crippen LogP contribution >= 0.6 is 0 Å². The van der Waals surface area contributed by atoms with Gasteiger partial charge in [-0.25, -0.2) is 0 Å². The zero-order valence-electron chi connectivity index (χ0n) is 37.0. The van der Waals surface area contributed by atoms with Gasteiger partial charge >= 0.3 is 0 Å². The van der Waals surface area contributed by atoms with Gasteiger partial charge in [0.2, 0.25) is 0 Å². The number of rotatable bonds is 6. The number of nitrogens with zero attached hydrogens (tertiary/aromatic N) is 2. The van der Waals surface area contributed by atoms with Gasteiger partial charge in [0.1, 0.15) is 0 Å². The molecule has 0 saturated heterocycles. The first-order valence-corrected chi connectivity index (χ1v) is 23.1. The van der Waals surface area contributed by atoms with Crippen molar-refractivity contribution >= 4 is 66.4 Å². The predicted molar refractivity (Wildman–Crippen MR) is 279 cm³/mol. The van der Waals surface area contributed by atoms with E-state index in [2.05, 4.69) is 254 Å². The molecular weight excluding hydrogens is 797 g/mol. The number of aryl methyl sites for hydroxylation is 2. The van der Waals surface area contributed by atoms with E-state index in [1.807, 2.05) is 0 Å². The number of anilines is 6. The first kappa shape index (κ1) is 38.3. The van der Waals surface area contributed by atoms with Crippen LogP contribution in [0.15, 0.2) is 231 Å². The number of fused-ring (bicyclic) bond motifs is 10. The molecule has 0 unspecified atom stereocenters. The third kappa shape index (κ3) is 5.61. The number of benzene rings is 11. The van der Waals surface area contributed by atoms with Gasteiger partial charge in [-0.1, -0.05) is 188 Å². The van der Waals surface area contributed by atoms with Crippen LogP contribution in [0.5, 0.6) is 0 Å². The summed E-state index contributed by atoms with van der Waals surface area (Å²) < 4.78 is 0. The highest BCUT2D eigenvalue weighted by molar-refractivity contribution is 6.12. The lowest BCUT2D eigenvalue weighted by molar-refractivity contribution is 0.636. The molecule has 312 valence electrons. The fourth-order valence-corrected chi connectivity index (χ4v) is 11.7. The van der Waals surface area contributed by atoms with Gasteiger partial charge in [-0.3, -0.25) is 0 Å². The number of hydrogen-bond donors (Lipinski definition) is 0. The molecule has 0 bridgehead atoms. The summed E-state index contributed by atoms with van der Waals surface area (Å²) in [6.07, 6.45) is 0.808. The average Bonchev–Trinajstić information content (AvgIpc) is 3.57. The Labute approximate surface area is 386 Å². The lowest BCUT2D eigenvalue weighted by Crippen LogP contribution is -2.30. The van der Waals surface area contributed by atoms with Crippen molar-refractivity contribution in [3.05, 3.63) is 264 Å². The molecule has 0 atom stereocenters. The van der Waals surface area contributed by atoms with Crippen molar-refractivity contribution in [2.75, 3.05) is 9.80 Å². The molecule has 0 aromatic heterocycles. The molecule has 0 radical (unpaired) electrons. The summed E-state index contributed by atoms with van der Waals surface area (Å²) in [7, 11) is 0. The van der Waals surface area contributed by atoms with Gasteiger partial charge < -0.3 is 9.80 Å². The van der Waals surface area contributed by atoms with Crippen molar-refractivity contribution in [2.24, 2.45) is 0 Å². The Balaban J connectivity index is 1.13. The largest absolute Gasteiger partial charge is 0.310 e. The molecule has 11 aromatic carbocycles. The second kappa shape index (κ2) is 14.9. The average molecular weight is 843 g/mol. The van der Waals surface area contributed by atoms with Crippen LogP contribution in [0.25, 0.3) is 54.6 Å². The first-order valence-electron chi connectivity index (χ1n) is 23.1. The maximum atomic E-state index is 2.55. The van der Waals surface area contributed by atoms with E-state index in [4.69, 9.17) is 0 Å². The van der Waals surface area contributed by atoms with Gasteiger partial charge in [-0.2, -0.15) is 0 Å². The lowest BCUT2D eigenvalue weighted by atomic mass is 9.68. The lowest BCUT2D eigenvalue weighted by Gasteiger charge is -2.35. The van der Waals surface area contributed by atoms with Crippen molar-refractivity contribution in [3.63, 3.8) is 0 Å². The van der Waals surface area contributed by atoms with E-state index in [1.54, 1.807) is 0 Å². The quantitative estimate of drug-likeness (QED) is 0.165. The van der Waals surface area contributed by atoms with Crippen LogP contribution in [0.4, 0.5) is 34.1 Å². The second-order valence-corrected chi connectivity index (χ2v) is 18.1. The molecule has 11 aromatic rings. The van der Waals surface area contributed by atoms with E-state index in [-0.39, 0.29) is 0 Å². The monoisotopic (exact) mass is 842 g/mol. The van der Waals surface area contributed by atoms with E-state index < -0.39 is 5.41 Å². The zero-order valence-corrected chi connectivity index (χ0v) is 37.0. The van der Waals surface area contributed by atoms with Gasteiger partial charge in [-0.15, -0.1) is 0 Å². The highest BCUT2D eigenvalue weighted by Crippen LogP contribution is 2.60. The van der Waals surface area contributed by atoms with Crippen molar-refractivity contribution in [2.45, 2.75) is 25.7 Å². The Bertz CT molecular complexity index is 3690. The van der Waals surface area contributed by atoms with Crippen LogP contribution < -0.4 is 9.80 Å². The van der Waals surface area contributed by atoms with E-state index in [9.17, 15) is 0 Å². The SMILES string of the molecule is Cc1ccccc1N(c1ccc2c(c1)C1(Cc3cccc4c(N(c5ccccc5C)c5cccc6ccccc56)ccc-2c34)c2ccccc2-c2ccccc21)c1cccc2ccccc12. The van der Waals surface area contributed by atoms with E-state index >= 15 is 0 Å². The molecule has 2 heteroatoms. The van der Waals surface area contributed by atoms with Gasteiger partial charge in [0.15, 0.2) is 0 Å². The summed E-state index contributed by atoms with van der Waals surface area (Å²) in [4.78, 5) is 5.01. The minimum absolute atomic E-state index is 0.479. The van der Waals surface area contributed by atoms with Crippen LogP contribution in [0.1, 0.15) is 33.4 Å². The summed E-state index contributed by atoms with van der Waals surface area (Å²) in [5.74, 6) is 0. The van der Waals surface area contributed by atoms with E-state index in [1.165, 1.54) is 111 Å². The van der Waals surface area contributed by atoms with Gasteiger partial charge in [0.05, 0.1) is 22.5 Å². The topological polar surface area (TPSA) is 6.48 Å². The Morgan fingerprint density at radius 2 is 0.788 bits per heavy atom. The molecule has 0 aliphatic heterocycles. The standard InChI is InChI=1S/C64H46N2/c1-42-18-3-13-32-58(42)65(60-34-16-22-44-20-5-7-25-48(44)60)47-36-37-52-53-38-39-62(66(59-33-14-4-19-43(59)2)61-35-17-23-45-21-6-8-26-49(45)61)54-29-15-24-46(63(53)54)41-64(57(52)40-47)55-30-11-9-27-50(55)51-28-10-12-31-56(51)64/h3-40H,41H2,1-2H3. The Kier molecular flexibility index (Phi) is 8.66. The smallest absolute Gasteiger partial charge is 0.0540 e. The van der Waals surface area contributed by atoms with Crippen molar-refractivity contribution in [1.82, 2.24) is 0 Å². The van der Waals surface area contributed by atoms with Gasteiger partial charge in [0.25, 0.3) is 0 Å². The molecule has 0 amide bonds. The molecule has 1 spiro atoms. The fourth-order valence-electron chi connectivity index (χ4n) is 11.7. The maximum Gasteiger partial charge on any atom is 0.0540 e. The summed E-state index contributed by atoms with van der Waals surface area (Å²) >= 11 is 0. The van der Waals surface area contributed by atoms with Crippen molar-refractivity contribution < 1.29 is 0 Å². The normalized spacial score (nSPS) is 13.1. The second-order valence-electron chi connectivity index (χ2n) is 18.1. The Morgan fingerprint density at radius 3 is 1.44 bits per heavy atom. The number of para-hydroxylation sites is 2. The summed E-state index contributed by atoms with van der Waals surface area (Å²) in [5.41, 5.74) is 19.5. The Morgan fingerprint density at radius 1 is 0.333 bits per heavy atom. The molecule has 2 aliphatic rings. The highest BCUT2D eigenvalue weighted by Gasteiger charge is 2.47. The predicted octanol–water partition coefficient (Wildman–Crippen LogP) is 17.2. The van der Waals surface area contributed by atoms with E-state index in [0.717, 1.165) is 17.8 Å². The van der Waals surface area contributed by atoms with Crippen LogP contribution in [0.3, 0.4) is 0 Å². The van der Waals surface area contributed by atoms with Crippen molar-refractivity contribution in [1.29, 1.82) is 0 Å². The third-order valence-corrected chi connectivity index (χ3v) is 14.6. The highest BCUT2D eigenvalue weighted by atomic mass is 15.2. The molecule has 13 rings (SSSR count). The van der Waals surface area contributed by atoms with Gasteiger partial charge in [-0.05, 0) is 135 Å². The Hall–Kier alpha value is -8.20. The summed E-state index contributed by atoms with van der Waals surface area (Å²) in [6.45, 7) is 4.46. The van der Waals surface area contributed by atoms with Gasteiger partial charge in [0, 0.05) is 33.2 Å². The zero-order chi connectivity index (χ0) is 43.9. The van der Waals surface area contributed by atoms with Crippen LogP contribution in [-0.2, 0) is 11.8 Å². The number of hydrogen-bond acceptors (Lipinski definition) is 2. The maximum absolute atomic E-state index is 2.55. The third-order valence-electron chi connectivity index (χ3n) is 14.6. The molecule has 0 fully saturated rings. The van der Waals surface area contributed by atoms with Crippen molar-refractivity contribution in [3.8, 4) is 22.3 Å². The van der Waals surface area contributed by atoms with Crippen LogP contribution in [0.2, 0.25) is 0 Å².